The van der Waals surface area contributed by atoms with Crippen LogP contribution in [0.3, 0.4) is 0 Å². The van der Waals surface area contributed by atoms with E-state index in [4.69, 9.17) is 4.74 Å². The zero-order chi connectivity index (χ0) is 21.3. The van der Waals surface area contributed by atoms with E-state index in [0.717, 1.165) is 50.5 Å². The number of carbonyl (C=O) groups excluding carboxylic acids is 1. The van der Waals surface area contributed by atoms with E-state index in [1.165, 1.54) is 37.7 Å². The Labute approximate surface area is 186 Å². The van der Waals surface area contributed by atoms with Crippen LogP contribution in [0.25, 0.3) is 0 Å². The number of benzene rings is 2. The van der Waals surface area contributed by atoms with Gasteiger partial charge in [0.2, 0.25) is 0 Å². The van der Waals surface area contributed by atoms with Gasteiger partial charge in [-0.3, -0.25) is 4.90 Å². The predicted molar refractivity (Wildman–Crippen MR) is 124 cm³/mol. The van der Waals surface area contributed by atoms with E-state index in [-0.39, 0.29) is 12.1 Å². The van der Waals surface area contributed by atoms with E-state index in [1.807, 2.05) is 42.5 Å². The van der Waals surface area contributed by atoms with Gasteiger partial charge >= 0.3 is 6.03 Å². The maximum Gasteiger partial charge on any atom is 0.315 e. The van der Waals surface area contributed by atoms with Crippen molar-refractivity contribution in [2.45, 2.75) is 57.5 Å². The smallest absolute Gasteiger partial charge is 0.315 e. The van der Waals surface area contributed by atoms with Gasteiger partial charge in [-0.25, -0.2) is 4.79 Å². The van der Waals surface area contributed by atoms with Crippen LogP contribution >= 0.6 is 0 Å². The van der Waals surface area contributed by atoms with Crippen LogP contribution in [0.1, 0.15) is 50.5 Å². The van der Waals surface area contributed by atoms with Crippen molar-refractivity contribution in [3.8, 4) is 11.5 Å². The first-order chi connectivity index (χ1) is 15.2. The lowest BCUT2D eigenvalue weighted by molar-refractivity contribution is 0.185. The van der Waals surface area contributed by atoms with E-state index in [1.54, 1.807) is 0 Å². The maximum atomic E-state index is 12.2. The molecule has 1 aliphatic heterocycles. The van der Waals surface area contributed by atoms with Crippen molar-refractivity contribution >= 4 is 6.03 Å². The minimum absolute atomic E-state index is 0.0121. The second-order valence-corrected chi connectivity index (χ2v) is 8.97. The SMILES string of the molecule is O=C(NCC1CCCCC1)NC1CCN(Cc2ccc(Oc3ccccc3)cc2)CC1. The van der Waals surface area contributed by atoms with E-state index < -0.39 is 0 Å². The predicted octanol–water partition coefficient (Wildman–Crippen LogP) is 5.32. The molecule has 1 saturated carbocycles. The molecule has 0 spiro atoms. The third-order valence-corrected chi connectivity index (χ3v) is 6.51. The lowest BCUT2D eigenvalue weighted by Gasteiger charge is -2.32. The normalized spacial score (nSPS) is 18.5. The van der Waals surface area contributed by atoms with Crippen molar-refractivity contribution in [1.29, 1.82) is 0 Å². The van der Waals surface area contributed by atoms with Gasteiger partial charge in [-0.2, -0.15) is 0 Å². The van der Waals surface area contributed by atoms with Crippen LogP contribution in [0, 0.1) is 5.92 Å². The molecule has 0 bridgehead atoms. The fourth-order valence-corrected chi connectivity index (χ4v) is 4.65. The topological polar surface area (TPSA) is 53.6 Å². The molecular weight excluding hydrogens is 386 g/mol. The van der Waals surface area contributed by atoms with E-state index in [9.17, 15) is 4.79 Å². The molecule has 2 aromatic carbocycles. The average Bonchev–Trinajstić information content (AvgIpc) is 2.82. The first-order valence-electron chi connectivity index (χ1n) is 11.8. The quantitative estimate of drug-likeness (QED) is 0.636. The molecule has 2 aliphatic rings. The van der Waals surface area contributed by atoms with E-state index in [0.29, 0.717) is 5.92 Å². The van der Waals surface area contributed by atoms with Gasteiger partial charge < -0.3 is 15.4 Å². The minimum atomic E-state index is 0.0121. The summed E-state index contributed by atoms with van der Waals surface area (Å²) in [5.41, 5.74) is 1.29. The van der Waals surface area contributed by atoms with Crippen molar-refractivity contribution < 1.29 is 9.53 Å². The summed E-state index contributed by atoms with van der Waals surface area (Å²) >= 11 is 0. The summed E-state index contributed by atoms with van der Waals surface area (Å²) in [6.07, 6.45) is 8.52. The molecule has 1 aliphatic carbocycles. The van der Waals surface area contributed by atoms with Crippen molar-refractivity contribution in [3.05, 3.63) is 60.2 Å². The van der Waals surface area contributed by atoms with Crippen LogP contribution in [0.2, 0.25) is 0 Å². The highest BCUT2D eigenvalue weighted by molar-refractivity contribution is 5.74. The number of piperidine rings is 1. The minimum Gasteiger partial charge on any atom is -0.457 e. The second kappa shape index (κ2) is 11.2. The van der Waals surface area contributed by atoms with Crippen molar-refractivity contribution in [2.75, 3.05) is 19.6 Å². The Balaban J connectivity index is 1.15. The fraction of sp³-hybridized carbons (Fsp3) is 0.500. The molecule has 2 fully saturated rings. The summed E-state index contributed by atoms with van der Waals surface area (Å²) in [5, 5.41) is 6.28. The van der Waals surface area contributed by atoms with Gasteiger partial charge in [0.25, 0.3) is 0 Å². The number of nitrogens with one attached hydrogen (secondary N) is 2. The Kier molecular flexibility index (Phi) is 7.83. The monoisotopic (exact) mass is 421 g/mol. The summed E-state index contributed by atoms with van der Waals surface area (Å²) in [5.74, 6) is 2.38. The van der Waals surface area contributed by atoms with Gasteiger partial charge in [0, 0.05) is 32.2 Å². The fourth-order valence-electron chi connectivity index (χ4n) is 4.65. The maximum absolute atomic E-state index is 12.2. The van der Waals surface area contributed by atoms with Gasteiger partial charge in [-0.05, 0) is 61.4 Å². The Morgan fingerprint density at radius 2 is 1.55 bits per heavy atom. The molecule has 166 valence electrons. The van der Waals surface area contributed by atoms with Crippen molar-refractivity contribution in [2.24, 2.45) is 5.92 Å². The number of amides is 2. The average molecular weight is 422 g/mol. The number of likely N-dealkylation sites (tertiary alicyclic amines) is 1. The number of urea groups is 1. The number of ether oxygens (including phenoxy) is 1. The van der Waals surface area contributed by atoms with Gasteiger partial charge in [0.1, 0.15) is 11.5 Å². The number of nitrogens with zero attached hydrogens (tertiary/aromatic N) is 1. The molecule has 0 atom stereocenters. The number of para-hydroxylation sites is 1. The highest BCUT2D eigenvalue weighted by Gasteiger charge is 2.21. The number of rotatable bonds is 7. The molecule has 31 heavy (non-hydrogen) atoms. The highest BCUT2D eigenvalue weighted by atomic mass is 16.5. The molecular formula is C26H35N3O2. The van der Waals surface area contributed by atoms with Gasteiger partial charge in [-0.1, -0.05) is 49.6 Å². The van der Waals surface area contributed by atoms with Crippen LogP contribution in [0.5, 0.6) is 11.5 Å². The Bertz CT molecular complexity index is 795. The van der Waals surface area contributed by atoms with Crippen molar-refractivity contribution in [1.82, 2.24) is 15.5 Å². The highest BCUT2D eigenvalue weighted by Crippen LogP contribution is 2.23. The molecule has 5 heteroatoms. The summed E-state index contributed by atoms with van der Waals surface area (Å²) in [6.45, 7) is 3.78. The van der Waals surface area contributed by atoms with Crippen LogP contribution < -0.4 is 15.4 Å². The summed E-state index contributed by atoms with van der Waals surface area (Å²) in [4.78, 5) is 14.7. The van der Waals surface area contributed by atoms with Gasteiger partial charge in [0.05, 0.1) is 0 Å². The van der Waals surface area contributed by atoms with Crippen LogP contribution in [0.4, 0.5) is 4.79 Å². The molecule has 5 nitrogen and oxygen atoms in total. The van der Waals surface area contributed by atoms with Gasteiger partial charge in [-0.15, -0.1) is 0 Å². The van der Waals surface area contributed by atoms with E-state index >= 15 is 0 Å². The second-order valence-electron chi connectivity index (χ2n) is 8.97. The molecule has 4 rings (SSSR count). The number of carbonyl (C=O) groups is 1. The Hall–Kier alpha value is -2.53. The Morgan fingerprint density at radius 3 is 2.26 bits per heavy atom. The van der Waals surface area contributed by atoms with Crippen molar-refractivity contribution in [3.63, 3.8) is 0 Å². The largest absolute Gasteiger partial charge is 0.457 e. The lowest BCUT2D eigenvalue weighted by atomic mass is 9.89. The molecule has 0 aromatic heterocycles. The van der Waals surface area contributed by atoms with Crippen LogP contribution in [0.15, 0.2) is 54.6 Å². The number of hydrogen-bond acceptors (Lipinski definition) is 3. The Morgan fingerprint density at radius 1 is 0.871 bits per heavy atom. The summed E-state index contributed by atoms with van der Waals surface area (Å²) in [6, 6.07) is 18.5. The van der Waals surface area contributed by atoms with Crippen LogP contribution in [-0.4, -0.2) is 36.6 Å². The number of hydrogen-bond donors (Lipinski definition) is 2. The zero-order valence-electron chi connectivity index (χ0n) is 18.4. The summed E-state index contributed by atoms with van der Waals surface area (Å²) < 4.78 is 5.87. The zero-order valence-corrected chi connectivity index (χ0v) is 18.4. The third-order valence-electron chi connectivity index (χ3n) is 6.51. The molecule has 1 heterocycles. The molecule has 0 radical (unpaired) electrons. The lowest BCUT2D eigenvalue weighted by Crippen LogP contribution is -2.48. The third kappa shape index (κ3) is 7.00. The molecule has 2 N–H and O–H groups in total. The first kappa shape index (κ1) is 21.7. The molecule has 1 saturated heterocycles. The first-order valence-corrected chi connectivity index (χ1v) is 11.8. The molecule has 2 aromatic rings. The molecule has 0 unspecified atom stereocenters. The standard InChI is InChI=1S/C26H35N3O2/c30-26(27-19-21-7-3-1-4-8-21)28-23-15-17-29(18-16-23)20-22-11-13-25(14-12-22)31-24-9-5-2-6-10-24/h2,5-6,9-14,21,23H,1,3-4,7-8,15-20H2,(H2,27,28,30). The van der Waals surface area contributed by atoms with Crippen LogP contribution in [-0.2, 0) is 6.54 Å². The van der Waals surface area contributed by atoms with E-state index in [2.05, 4.69) is 27.7 Å². The molecule has 2 amide bonds. The van der Waals surface area contributed by atoms with Gasteiger partial charge in [0.15, 0.2) is 0 Å². The summed E-state index contributed by atoms with van der Waals surface area (Å²) in [7, 11) is 0.